The van der Waals surface area contributed by atoms with Gasteiger partial charge in [0.15, 0.2) is 5.65 Å². The summed E-state index contributed by atoms with van der Waals surface area (Å²) in [7, 11) is 0. The molecule has 5 nitrogen and oxygen atoms in total. The number of halogens is 1. The maximum atomic E-state index is 14.0. The van der Waals surface area contributed by atoms with Gasteiger partial charge in [0.05, 0.1) is 6.54 Å². The molecule has 0 aliphatic carbocycles. The first kappa shape index (κ1) is 20.0. The first-order valence-corrected chi connectivity index (χ1v) is 9.76. The molecule has 0 aliphatic heterocycles. The minimum atomic E-state index is -0.363. The lowest BCUT2D eigenvalue weighted by Gasteiger charge is -2.25. The Kier molecular flexibility index (Phi) is 6.07. The molecule has 1 amide bonds. The van der Waals surface area contributed by atoms with E-state index in [4.69, 9.17) is 4.98 Å². The fourth-order valence-corrected chi connectivity index (χ4v) is 3.32. The van der Waals surface area contributed by atoms with Crippen molar-refractivity contribution >= 4 is 17.1 Å². The average Bonchev–Trinajstić information content (AvgIpc) is 3.00. The number of amides is 1. The summed E-state index contributed by atoms with van der Waals surface area (Å²) in [6.45, 7) is 9.63. The maximum Gasteiger partial charge on any atom is 0.254 e. The van der Waals surface area contributed by atoms with Crippen LogP contribution in [0.3, 0.4) is 0 Å². The third-order valence-electron chi connectivity index (χ3n) is 4.65. The van der Waals surface area contributed by atoms with Gasteiger partial charge in [-0.3, -0.25) is 4.79 Å². The number of aromatic nitrogens is 3. The molecule has 28 heavy (non-hydrogen) atoms. The van der Waals surface area contributed by atoms with Crippen LogP contribution < -0.4 is 0 Å². The highest BCUT2D eigenvalue weighted by atomic mass is 19.1. The van der Waals surface area contributed by atoms with E-state index in [9.17, 15) is 9.18 Å². The third kappa shape index (κ3) is 4.21. The monoisotopic (exact) mass is 382 g/mol. The molecule has 2 aromatic heterocycles. The van der Waals surface area contributed by atoms with Gasteiger partial charge in [-0.2, -0.15) is 0 Å². The zero-order valence-corrected chi connectivity index (χ0v) is 16.9. The number of carbonyl (C=O) groups is 1. The Labute approximate surface area is 165 Å². The van der Waals surface area contributed by atoms with Gasteiger partial charge in [0, 0.05) is 24.8 Å². The average molecular weight is 382 g/mol. The number of benzene rings is 1. The largest absolute Gasteiger partial charge is 0.331 e. The number of hydrogen-bond acceptors (Lipinski definition) is 3. The lowest BCUT2D eigenvalue weighted by atomic mass is 10.1. The summed E-state index contributed by atoms with van der Waals surface area (Å²) in [4.78, 5) is 24.1. The Morgan fingerprint density at radius 3 is 2.75 bits per heavy atom. The predicted octanol–water partition coefficient (Wildman–Crippen LogP) is 4.59. The molecule has 6 heteroatoms. The SMILES string of the molecule is CCCn1c(CN(CC(C)C)C(=O)c2ccc(C)c(F)c2)nc2cccnc21. The Morgan fingerprint density at radius 2 is 2.07 bits per heavy atom. The Balaban J connectivity index is 1.96. The number of imidazole rings is 1. The van der Waals surface area contributed by atoms with Crippen LogP contribution in [0.15, 0.2) is 36.5 Å². The molecule has 0 saturated carbocycles. The van der Waals surface area contributed by atoms with Gasteiger partial charge < -0.3 is 9.47 Å². The molecule has 148 valence electrons. The predicted molar refractivity (Wildman–Crippen MR) is 109 cm³/mol. The summed E-state index contributed by atoms with van der Waals surface area (Å²) in [5, 5.41) is 0. The van der Waals surface area contributed by atoms with Gasteiger partial charge in [0.1, 0.15) is 17.2 Å². The molecule has 0 N–H and O–H groups in total. The second-order valence-electron chi connectivity index (χ2n) is 7.57. The van der Waals surface area contributed by atoms with Gasteiger partial charge in [-0.05, 0) is 49.1 Å². The first-order valence-electron chi connectivity index (χ1n) is 9.76. The molecule has 1 aromatic carbocycles. The van der Waals surface area contributed by atoms with Crippen molar-refractivity contribution in [3.63, 3.8) is 0 Å². The summed E-state index contributed by atoms with van der Waals surface area (Å²) in [5.41, 5.74) is 2.55. The van der Waals surface area contributed by atoms with E-state index in [0.29, 0.717) is 24.2 Å². The highest BCUT2D eigenvalue weighted by Gasteiger charge is 2.21. The minimum absolute atomic E-state index is 0.185. The number of fused-ring (bicyclic) bond motifs is 1. The van der Waals surface area contributed by atoms with Crippen molar-refractivity contribution in [2.24, 2.45) is 5.92 Å². The summed E-state index contributed by atoms with van der Waals surface area (Å²) < 4.78 is 16.1. The van der Waals surface area contributed by atoms with Crippen molar-refractivity contribution in [1.29, 1.82) is 0 Å². The topological polar surface area (TPSA) is 51.0 Å². The van der Waals surface area contributed by atoms with E-state index in [0.717, 1.165) is 30.0 Å². The first-order chi connectivity index (χ1) is 13.4. The van der Waals surface area contributed by atoms with Crippen molar-refractivity contribution in [2.75, 3.05) is 6.54 Å². The van der Waals surface area contributed by atoms with Crippen LogP contribution in [0.2, 0.25) is 0 Å². The van der Waals surface area contributed by atoms with Crippen LogP contribution in [-0.4, -0.2) is 31.9 Å². The Hall–Kier alpha value is -2.76. The van der Waals surface area contributed by atoms with Crippen molar-refractivity contribution in [3.05, 3.63) is 59.3 Å². The second kappa shape index (κ2) is 8.50. The highest BCUT2D eigenvalue weighted by Crippen LogP contribution is 2.19. The standard InChI is InChI=1S/C22H27FN4O/c1-5-11-27-20(25-19-7-6-10-24-21(19)27)14-26(13-15(2)3)22(28)17-9-8-16(4)18(23)12-17/h6-10,12,15H,5,11,13-14H2,1-4H3. The van der Waals surface area contributed by atoms with Gasteiger partial charge in [-0.25, -0.2) is 14.4 Å². The Morgan fingerprint density at radius 1 is 1.29 bits per heavy atom. The molecule has 0 aliphatic rings. The number of nitrogens with zero attached hydrogens (tertiary/aromatic N) is 4. The van der Waals surface area contributed by atoms with E-state index in [1.54, 1.807) is 30.2 Å². The van der Waals surface area contributed by atoms with E-state index in [1.165, 1.54) is 6.07 Å². The molecule has 3 rings (SSSR count). The molecule has 3 aromatic rings. The van der Waals surface area contributed by atoms with Gasteiger partial charge in [0.2, 0.25) is 0 Å². The minimum Gasteiger partial charge on any atom is -0.331 e. The van der Waals surface area contributed by atoms with Crippen molar-refractivity contribution in [2.45, 2.75) is 47.2 Å². The molecular formula is C22H27FN4O. The molecule has 0 fully saturated rings. The molecule has 0 radical (unpaired) electrons. The van der Waals surface area contributed by atoms with Gasteiger partial charge in [-0.1, -0.05) is 26.8 Å². The van der Waals surface area contributed by atoms with Crippen molar-refractivity contribution in [1.82, 2.24) is 19.4 Å². The van der Waals surface area contributed by atoms with Crippen LogP contribution in [0.4, 0.5) is 4.39 Å². The highest BCUT2D eigenvalue weighted by molar-refractivity contribution is 5.94. The molecule has 0 unspecified atom stereocenters. The Bertz CT molecular complexity index is 980. The number of carbonyl (C=O) groups excluding carboxylic acids is 1. The lowest BCUT2D eigenvalue weighted by molar-refractivity contribution is 0.0715. The fourth-order valence-electron chi connectivity index (χ4n) is 3.32. The van der Waals surface area contributed by atoms with E-state index in [-0.39, 0.29) is 17.6 Å². The normalized spacial score (nSPS) is 11.4. The number of aryl methyl sites for hydroxylation is 2. The van der Waals surface area contributed by atoms with Gasteiger partial charge in [-0.15, -0.1) is 0 Å². The molecule has 0 atom stereocenters. The maximum absolute atomic E-state index is 14.0. The number of rotatable bonds is 7. The summed E-state index contributed by atoms with van der Waals surface area (Å²) in [5.74, 6) is 0.534. The molecule has 0 spiro atoms. The zero-order valence-electron chi connectivity index (χ0n) is 16.9. The van der Waals surface area contributed by atoms with Gasteiger partial charge >= 0.3 is 0 Å². The van der Waals surface area contributed by atoms with Crippen LogP contribution in [0.25, 0.3) is 11.2 Å². The van der Waals surface area contributed by atoms with E-state index >= 15 is 0 Å². The number of hydrogen-bond donors (Lipinski definition) is 0. The van der Waals surface area contributed by atoms with Gasteiger partial charge in [0.25, 0.3) is 5.91 Å². The number of pyridine rings is 1. The lowest BCUT2D eigenvalue weighted by Crippen LogP contribution is -2.35. The van der Waals surface area contributed by atoms with E-state index < -0.39 is 0 Å². The second-order valence-corrected chi connectivity index (χ2v) is 7.57. The molecule has 0 saturated heterocycles. The van der Waals surface area contributed by atoms with Crippen LogP contribution in [0.1, 0.15) is 48.9 Å². The molecule has 0 bridgehead atoms. The van der Waals surface area contributed by atoms with E-state index in [2.05, 4.69) is 30.3 Å². The zero-order chi connectivity index (χ0) is 20.3. The fraction of sp³-hybridized carbons (Fsp3) is 0.409. The quantitative estimate of drug-likeness (QED) is 0.601. The van der Waals surface area contributed by atoms with Crippen molar-refractivity contribution in [3.8, 4) is 0 Å². The third-order valence-corrected chi connectivity index (χ3v) is 4.65. The summed E-state index contributed by atoms with van der Waals surface area (Å²) in [6, 6.07) is 8.45. The van der Waals surface area contributed by atoms with Crippen LogP contribution in [0, 0.1) is 18.7 Å². The smallest absolute Gasteiger partial charge is 0.254 e. The van der Waals surface area contributed by atoms with E-state index in [1.807, 2.05) is 12.1 Å². The van der Waals surface area contributed by atoms with Crippen LogP contribution >= 0.6 is 0 Å². The van der Waals surface area contributed by atoms with Crippen molar-refractivity contribution < 1.29 is 9.18 Å². The van der Waals surface area contributed by atoms with Crippen LogP contribution in [-0.2, 0) is 13.1 Å². The molecule has 2 heterocycles. The van der Waals surface area contributed by atoms with Crippen LogP contribution in [0.5, 0.6) is 0 Å². The molecular weight excluding hydrogens is 355 g/mol. The summed E-state index contributed by atoms with van der Waals surface area (Å²) in [6.07, 6.45) is 2.70. The summed E-state index contributed by atoms with van der Waals surface area (Å²) >= 11 is 0.